The Kier molecular flexibility index (Phi) is 6.11. The number of nitrogens with one attached hydrogen (secondary N) is 2. The molecule has 2 saturated carbocycles. The summed E-state index contributed by atoms with van der Waals surface area (Å²) >= 11 is 0. The number of alkyl halides is 3. The second-order valence-corrected chi connectivity index (χ2v) is 10.1. The molecule has 2 aliphatic carbocycles. The van der Waals surface area contributed by atoms with E-state index < -0.39 is 51.1 Å². The summed E-state index contributed by atoms with van der Waals surface area (Å²) in [4.78, 5) is 12.7. The first-order valence-electron chi connectivity index (χ1n) is 9.45. The maximum atomic E-state index is 13.7. The molecule has 0 aromatic heterocycles. The van der Waals surface area contributed by atoms with Crippen LogP contribution in [0.4, 0.5) is 17.6 Å². The van der Waals surface area contributed by atoms with Crippen molar-refractivity contribution in [1.29, 1.82) is 5.26 Å². The molecule has 3 rings (SSSR count). The van der Waals surface area contributed by atoms with Crippen LogP contribution < -0.4 is 10.6 Å². The Morgan fingerprint density at radius 3 is 2.30 bits per heavy atom. The lowest BCUT2D eigenvalue weighted by molar-refractivity contribution is -0.160. The highest BCUT2D eigenvalue weighted by atomic mass is 32.2. The molecule has 0 radical (unpaired) electrons. The standard InChI is InChI=1S/C19H21F4N3O3S/c20-14-5-3-13(4-6-14)16(19(21,22)23)25-15(10-30(28,29)9-12-1-2-12)17(27)26-18(11-24)7-8-18/h3-6,12,15-16,25H,1-2,7-10H2,(H,26,27)/t15-,16-/m0/s1. The number of carbonyl (C=O) groups excluding carboxylic acids is 1. The van der Waals surface area contributed by atoms with Crippen LogP contribution in [0, 0.1) is 23.1 Å². The zero-order valence-electron chi connectivity index (χ0n) is 15.9. The van der Waals surface area contributed by atoms with Crippen molar-refractivity contribution in [2.45, 2.75) is 49.5 Å². The van der Waals surface area contributed by atoms with Gasteiger partial charge in [0.15, 0.2) is 9.84 Å². The second kappa shape index (κ2) is 8.15. The molecule has 2 N–H and O–H groups in total. The average molecular weight is 447 g/mol. The third-order valence-electron chi connectivity index (χ3n) is 5.15. The maximum absolute atomic E-state index is 13.7. The van der Waals surface area contributed by atoms with Gasteiger partial charge < -0.3 is 5.32 Å². The molecule has 0 unspecified atom stereocenters. The lowest BCUT2D eigenvalue weighted by atomic mass is 10.0. The number of hydrogen-bond donors (Lipinski definition) is 2. The number of halogens is 4. The van der Waals surface area contributed by atoms with Crippen molar-refractivity contribution < 1.29 is 30.8 Å². The Morgan fingerprint density at radius 1 is 1.23 bits per heavy atom. The lowest BCUT2D eigenvalue weighted by Crippen LogP contribution is -2.54. The molecule has 2 atom stereocenters. The van der Waals surface area contributed by atoms with Gasteiger partial charge in [0.25, 0.3) is 0 Å². The molecule has 0 aliphatic heterocycles. The van der Waals surface area contributed by atoms with E-state index in [-0.39, 0.29) is 17.2 Å². The first-order chi connectivity index (χ1) is 13.9. The molecule has 30 heavy (non-hydrogen) atoms. The van der Waals surface area contributed by atoms with Gasteiger partial charge in [-0.3, -0.25) is 10.1 Å². The monoisotopic (exact) mass is 447 g/mol. The van der Waals surface area contributed by atoms with Crippen LogP contribution in [-0.2, 0) is 14.6 Å². The maximum Gasteiger partial charge on any atom is 0.407 e. The van der Waals surface area contributed by atoms with E-state index in [1.807, 2.05) is 6.07 Å². The molecule has 0 bridgehead atoms. The van der Waals surface area contributed by atoms with Crippen LogP contribution in [0.1, 0.15) is 37.3 Å². The first-order valence-corrected chi connectivity index (χ1v) is 11.3. The third kappa shape index (κ3) is 5.92. The molecule has 1 aromatic carbocycles. The Labute approximate surface area is 171 Å². The van der Waals surface area contributed by atoms with Crippen LogP contribution in [0.5, 0.6) is 0 Å². The van der Waals surface area contributed by atoms with Gasteiger partial charge >= 0.3 is 6.18 Å². The van der Waals surface area contributed by atoms with E-state index in [2.05, 4.69) is 10.6 Å². The fourth-order valence-corrected chi connectivity index (χ4v) is 5.06. The molecular weight excluding hydrogens is 426 g/mol. The Balaban J connectivity index is 1.85. The van der Waals surface area contributed by atoms with E-state index in [4.69, 9.17) is 5.26 Å². The van der Waals surface area contributed by atoms with E-state index in [1.54, 1.807) is 0 Å². The molecule has 11 heteroatoms. The van der Waals surface area contributed by atoms with Gasteiger partial charge in [-0.25, -0.2) is 12.8 Å². The van der Waals surface area contributed by atoms with Crippen molar-refractivity contribution in [3.8, 4) is 6.07 Å². The number of rotatable bonds is 9. The Morgan fingerprint density at radius 2 is 1.83 bits per heavy atom. The lowest BCUT2D eigenvalue weighted by Gasteiger charge is -2.28. The van der Waals surface area contributed by atoms with Crippen molar-refractivity contribution >= 4 is 15.7 Å². The summed E-state index contributed by atoms with van der Waals surface area (Å²) in [6.45, 7) is 0. The molecule has 2 fully saturated rings. The van der Waals surface area contributed by atoms with Crippen LogP contribution >= 0.6 is 0 Å². The van der Waals surface area contributed by atoms with Crippen LogP contribution in [-0.4, -0.2) is 43.6 Å². The van der Waals surface area contributed by atoms with Crippen LogP contribution in [0.25, 0.3) is 0 Å². The predicted octanol–water partition coefficient (Wildman–Crippen LogP) is 2.38. The minimum absolute atomic E-state index is 0.0388. The summed E-state index contributed by atoms with van der Waals surface area (Å²) in [6.07, 6.45) is -2.73. The fraction of sp³-hybridized carbons (Fsp3) is 0.579. The SMILES string of the molecule is N#CC1(NC(=O)[C@H](CS(=O)(=O)CC2CC2)N[C@@H](c2ccc(F)cc2)C(F)(F)F)CC1. The molecule has 2 aliphatic rings. The number of nitrogens with zero attached hydrogens (tertiary/aromatic N) is 1. The van der Waals surface area contributed by atoms with Gasteiger partial charge in [-0.2, -0.15) is 18.4 Å². The van der Waals surface area contributed by atoms with E-state index in [0.717, 1.165) is 37.1 Å². The number of hydrogen-bond acceptors (Lipinski definition) is 5. The summed E-state index contributed by atoms with van der Waals surface area (Å²) in [7, 11) is -3.82. The van der Waals surface area contributed by atoms with Crippen molar-refractivity contribution in [2.75, 3.05) is 11.5 Å². The minimum atomic E-state index is -4.87. The summed E-state index contributed by atoms with van der Waals surface area (Å²) in [5.74, 6) is -2.78. The third-order valence-corrected chi connectivity index (χ3v) is 6.97. The van der Waals surface area contributed by atoms with Crippen LogP contribution in [0.2, 0.25) is 0 Å². The topological polar surface area (TPSA) is 99.1 Å². The van der Waals surface area contributed by atoms with Gasteiger partial charge in [0.1, 0.15) is 23.4 Å². The molecule has 0 spiro atoms. The molecule has 1 aromatic rings. The molecule has 0 heterocycles. The smallest absolute Gasteiger partial charge is 0.336 e. The summed E-state index contributed by atoms with van der Waals surface area (Å²) in [5.41, 5.74) is -1.52. The van der Waals surface area contributed by atoms with Crippen molar-refractivity contribution in [3.05, 3.63) is 35.6 Å². The molecule has 0 saturated heterocycles. The molecule has 1 amide bonds. The van der Waals surface area contributed by atoms with Crippen molar-refractivity contribution in [1.82, 2.24) is 10.6 Å². The van der Waals surface area contributed by atoms with Crippen LogP contribution in [0.3, 0.4) is 0 Å². The van der Waals surface area contributed by atoms with Crippen molar-refractivity contribution in [2.24, 2.45) is 5.92 Å². The fourth-order valence-electron chi connectivity index (χ4n) is 3.11. The highest BCUT2D eigenvalue weighted by Crippen LogP contribution is 2.36. The zero-order chi connectivity index (χ0) is 22.2. The Bertz CT molecular complexity index is 933. The van der Waals surface area contributed by atoms with E-state index in [0.29, 0.717) is 12.8 Å². The largest absolute Gasteiger partial charge is 0.407 e. The summed E-state index contributed by atoms with van der Waals surface area (Å²) in [6, 6.07) is 1.33. The minimum Gasteiger partial charge on any atom is -0.336 e. The van der Waals surface area contributed by atoms with Crippen molar-refractivity contribution in [3.63, 3.8) is 0 Å². The van der Waals surface area contributed by atoms with Gasteiger partial charge in [0, 0.05) is 0 Å². The molecule has 164 valence electrons. The number of nitriles is 1. The van der Waals surface area contributed by atoms with E-state index in [9.17, 15) is 30.8 Å². The number of benzene rings is 1. The summed E-state index contributed by atoms with van der Waals surface area (Å²) < 4.78 is 79.2. The number of carbonyl (C=O) groups is 1. The van der Waals surface area contributed by atoms with E-state index in [1.165, 1.54) is 0 Å². The predicted molar refractivity (Wildman–Crippen MR) is 99.2 cm³/mol. The first kappa shape index (κ1) is 22.5. The number of amides is 1. The number of sulfone groups is 1. The summed E-state index contributed by atoms with van der Waals surface area (Å²) in [5, 5.41) is 13.6. The van der Waals surface area contributed by atoms with Gasteiger partial charge in [-0.1, -0.05) is 12.1 Å². The van der Waals surface area contributed by atoms with E-state index >= 15 is 0 Å². The highest BCUT2D eigenvalue weighted by molar-refractivity contribution is 7.91. The quantitative estimate of drug-likeness (QED) is 0.567. The average Bonchev–Trinajstić information content (AvgIpc) is 3.56. The van der Waals surface area contributed by atoms with Gasteiger partial charge in [-0.15, -0.1) is 0 Å². The highest BCUT2D eigenvalue weighted by Gasteiger charge is 2.48. The van der Waals surface area contributed by atoms with Gasteiger partial charge in [-0.05, 0) is 49.3 Å². The zero-order valence-corrected chi connectivity index (χ0v) is 16.7. The normalized spacial score (nSPS) is 20.1. The van der Waals surface area contributed by atoms with Gasteiger partial charge in [0.05, 0.1) is 17.6 Å². The second-order valence-electron chi connectivity index (χ2n) is 7.95. The molecule has 6 nitrogen and oxygen atoms in total. The van der Waals surface area contributed by atoms with Crippen LogP contribution in [0.15, 0.2) is 24.3 Å². The Hall–Kier alpha value is -2.19. The van der Waals surface area contributed by atoms with Gasteiger partial charge in [0.2, 0.25) is 5.91 Å². The molecular formula is C19H21F4N3O3S.